The Morgan fingerprint density at radius 2 is 1.71 bits per heavy atom. The summed E-state index contributed by atoms with van der Waals surface area (Å²) in [5, 5.41) is 14.0. The number of fused-ring (bicyclic) bond motifs is 3. The minimum Gasteiger partial charge on any atom is -0.496 e. The van der Waals surface area contributed by atoms with Crippen LogP contribution in [0.3, 0.4) is 0 Å². The van der Waals surface area contributed by atoms with Crippen molar-refractivity contribution < 1.29 is 19.4 Å². The Morgan fingerprint density at radius 1 is 0.978 bits per heavy atom. The van der Waals surface area contributed by atoms with E-state index in [1.807, 2.05) is 21.7 Å². The monoisotopic (exact) mass is 611 g/mol. The van der Waals surface area contributed by atoms with Gasteiger partial charge in [-0.25, -0.2) is 14.6 Å². The molecule has 3 aromatic rings. The number of hydrogen-bond acceptors (Lipinski definition) is 6. The molecule has 1 aromatic carbocycles. The minimum atomic E-state index is -0.750. The number of hydrogen-bond donors (Lipinski definition) is 1. The van der Waals surface area contributed by atoms with Crippen LogP contribution in [-0.2, 0) is 15.0 Å². The topological polar surface area (TPSA) is 110 Å². The number of carbonyl (C=O) groups excluding carboxylic acids is 1. The number of benzene rings is 1. The lowest BCUT2D eigenvalue weighted by Crippen LogP contribution is -2.52. The van der Waals surface area contributed by atoms with Crippen molar-refractivity contribution in [1.82, 2.24) is 19.7 Å². The Kier molecular flexibility index (Phi) is 7.90. The van der Waals surface area contributed by atoms with Crippen LogP contribution in [0.15, 0.2) is 42.9 Å². The van der Waals surface area contributed by atoms with Crippen molar-refractivity contribution in [3.63, 3.8) is 0 Å². The van der Waals surface area contributed by atoms with E-state index in [1.165, 1.54) is 11.1 Å². The van der Waals surface area contributed by atoms with Crippen molar-refractivity contribution in [2.75, 3.05) is 18.6 Å². The molecule has 2 bridgehead atoms. The first kappa shape index (κ1) is 29.9. The average Bonchev–Trinajstić information content (AvgIpc) is 3.80. The Balaban J connectivity index is 1.13. The van der Waals surface area contributed by atoms with Gasteiger partial charge in [-0.05, 0) is 124 Å². The Morgan fingerprint density at radius 3 is 2.36 bits per heavy atom. The molecule has 0 atom stereocenters. The maximum absolute atomic E-state index is 14.4. The van der Waals surface area contributed by atoms with Gasteiger partial charge in [-0.2, -0.15) is 5.10 Å². The number of pyridine rings is 1. The number of aliphatic carboxylic acids is 1. The highest BCUT2D eigenvalue weighted by molar-refractivity contribution is 5.94. The van der Waals surface area contributed by atoms with E-state index in [0.29, 0.717) is 18.3 Å². The third-order valence-electron chi connectivity index (χ3n) is 11.5. The number of nitrogens with zero attached hydrogens (tertiary/aromatic N) is 5. The van der Waals surface area contributed by atoms with Gasteiger partial charge >= 0.3 is 5.97 Å². The largest absolute Gasteiger partial charge is 0.496 e. The number of aromatic nitrogens is 4. The molecule has 1 amide bonds. The second-order valence-corrected chi connectivity index (χ2v) is 14.4. The van der Waals surface area contributed by atoms with Crippen molar-refractivity contribution in [1.29, 1.82) is 0 Å². The molecule has 0 aliphatic heterocycles. The summed E-state index contributed by atoms with van der Waals surface area (Å²) in [6.45, 7) is 2.79. The normalized spacial score (nSPS) is 27.7. The van der Waals surface area contributed by atoms with Gasteiger partial charge in [-0.3, -0.25) is 14.5 Å². The van der Waals surface area contributed by atoms with Crippen molar-refractivity contribution >= 4 is 17.7 Å². The second-order valence-electron chi connectivity index (χ2n) is 14.4. The van der Waals surface area contributed by atoms with Crippen LogP contribution in [0, 0.1) is 24.2 Å². The van der Waals surface area contributed by atoms with Gasteiger partial charge in [-0.1, -0.05) is 12.1 Å². The zero-order chi connectivity index (χ0) is 31.2. The van der Waals surface area contributed by atoms with Gasteiger partial charge in [0.15, 0.2) is 5.82 Å². The SMILES string of the molecule is COc1ccc(C23CCC(CN(C(=O)C4CCC(CC(=O)O)CC4)c4cc(-n5cnc(C6CC6)n5)ccn4)(CC2)CC3)cc1C. The summed E-state index contributed by atoms with van der Waals surface area (Å²) in [7, 11) is 1.73. The van der Waals surface area contributed by atoms with Gasteiger partial charge in [0.2, 0.25) is 5.91 Å². The molecule has 9 heteroatoms. The van der Waals surface area contributed by atoms with Crippen LogP contribution in [0.4, 0.5) is 5.82 Å². The number of ether oxygens (including phenoxy) is 1. The summed E-state index contributed by atoms with van der Waals surface area (Å²) >= 11 is 0. The van der Waals surface area contributed by atoms with Crippen LogP contribution in [0.5, 0.6) is 5.75 Å². The number of carboxylic acids is 1. The van der Waals surface area contributed by atoms with E-state index >= 15 is 0 Å². The predicted molar refractivity (Wildman–Crippen MR) is 171 cm³/mol. The van der Waals surface area contributed by atoms with Crippen molar-refractivity contribution in [3.05, 3.63) is 59.8 Å². The van der Waals surface area contributed by atoms with Gasteiger partial charge in [0.05, 0.1) is 12.8 Å². The van der Waals surface area contributed by atoms with Gasteiger partial charge in [0.25, 0.3) is 0 Å². The van der Waals surface area contributed by atoms with Crippen LogP contribution in [0.25, 0.3) is 5.69 Å². The van der Waals surface area contributed by atoms with Crippen LogP contribution < -0.4 is 9.64 Å². The fourth-order valence-corrected chi connectivity index (χ4v) is 8.46. The number of carbonyl (C=O) groups is 2. The number of anilines is 1. The number of rotatable bonds is 10. The van der Waals surface area contributed by atoms with E-state index < -0.39 is 5.97 Å². The van der Waals surface area contributed by atoms with E-state index in [-0.39, 0.29) is 35.0 Å². The summed E-state index contributed by atoms with van der Waals surface area (Å²) in [6.07, 6.45) is 15.7. The molecule has 0 spiro atoms. The molecule has 0 saturated heterocycles. The molecule has 0 unspecified atom stereocenters. The molecule has 0 radical (unpaired) electrons. The molecule has 45 heavy (non-hydrogen) atoms. The van der Waals surface area contributed by atoms with Crippen LogP contribution in [0.2, 0.25) is 0 Å². The summed E-state index contributed by atoms with van der Waals surface area (Å²) < 4.78 is 7.34. The van der Waals surface area contributed by atoms with Crippen molar-refractivity contribution in [2.24, 2.45) is 17.3 Å². The van der Waals surface area contributed by atoms with Gasteiger partial charge in [-0.15, -0.1) is 0 Å². The number of methoxy groups -OCH3 is 1. The molecule has 9 nitrogen and oxygen atoms in total. The molecular weight excluding hydrogens is 566 g/mol. The first-order chi connectivity index (χ1) is 21.8. The fraction of sp³-hybridized carbons (Fsp3) is 0.583. The van der Waals surface area contributed by atoms with Crippen molar-refractivity contribution in [2.45, 2.75) is 102 Å². The lowest BCUT2D eigenvalue weighted by Gasteiger charge is -2.55. The maximum Gasteiger partial charge on any atom is 0.303 e. The first-order valence-corrected chi connectivity index (χ1v) is 16.8. The van der Waals surface area contributed by atoms with E-state index in [4.69, 9.17) is 14.8 Å². The molecule has 5 aliphatic rings. The van der Waals surface area contributed by atoms with Crippen LogP contribution in [-0.4, -0.2) is 50.4 Å². The third kappa shape index (κ3) is 5.98. The molecule has 2 aromatic heterocycles. The molecule has 1 N–H and O–H groups in total. The van der Waals surface area contributed by atoms with E-state index in [0.717, 1.165) is 94.3 Å². The average molecular weight is 612 g/mol. The van der Waals surface area contributed by atoms with E-state index in [2.05, 4.69) is 30.1 Å². The summed E-state index contributed by atoms with van der Waals surface area (Å²) in [5.41, 5.74) is 3.72. The zero-order valence-electron chi connectivity index (χ0n) is 26.6. The van der Waals surface area contributed by atoms with E-state index in [1.54, 1.807) is 19.6 Å². The van der Waals surface area contributed by atoms with Gasteiger partial charge < -0.3 is 9.84 Å². The third-order valence-corrected chi connectivity index (χ3v) is 11.5. The summed E-state index contributed by atoms with van der Waals surface area (Å²) in [6, 6.07) is 10.6. The second kappa shape index (κ2) is 11.9. The zero-order valence-corrected chi connectivity index (χ0v) is 26.6. The highest BCUT2D eigenvalue weighted by Crippen LogP contribution is 2.58. The molecular formula is C36H45N5O4. The Hall–Kier alpha value is -3.75. The Bertz CT molecular complexity index is 1550. The van der Waals surface area contributed by atoms with Crippen LogP contribution >= 0.6 is 0 Å². The van der Waals surface area contributed by atoms with Gasteiger partial charge in [0.1, 0.15) is 17.9 Å². The highest BCUT2D eigenvalue weighted by atomic mass is 16.5. The first-order valence-electron chi connectivity index (χ1n) is 16.8. The van der Waals surface area contributed by atoms with Crippen molar-refractivity contribution in [3.8, 4) is 11.4 Å². The summed E-state index contributed by atoms with van der Waals surface area (Å²) in [4.78, 5) is 37.0. The maximum atomic E-state index is 14.4. The lowest BCUT2D eigenvalue weighted by atomic mass is 9.51. The summed E-state index contributed by atoms with van der Waals surface area (Å²) in [5.74, 6) is 2.39. The standard InChI is InChI=1S/C36H45N5O4/c1-24-19-28(9-10-30(24)45-2)36-15-12-35(13-16-36,14-17-36)22-40(34(44)27-5-3-25(4-6-27)20-32(42)43)31-21-29(11-18-37-31)41-23-38-33(39-41)26-7-8-26/h9-11,18-19,21,23,25-27H,3-8,12-17,20,22H2,1-2H3,(H,42,43). The van der Waals surface area contributed by atoms with Gasteiger partial charge in [0, 0.05) is 37.1 Å². The minimum absolute atomic E-state index is 0.0590. The molecule has 8 rings (SSSR count). The fourth-order valence-electron chi connectivity index (χ4n) is 8.46. The quantitative estimate of drug-likeness (QED) is 0.270. The highest BCUT2D eigenvalue weighted by Gasteiger charge is 2.51. The lowest BCUT2D eigenvalue weighted by molar-refractivity contribution is -0.138. The molecule has 2 heterocycles. The van der Waals surface area contributed by atoms with E-state index in [9.17, 15) is 14.7 Å². The Labute approximate surface area is 265 Å². The predicted octanol–water partition coefficient (Wildman–Crippen LogP) is 6.76. The number of aryl methyl sites for hydroxylation is 1. The molecule has 5 aliphatic carbocycles. The number of amides is 1. The molecule has 5 fully saturated rings. The number of carboxylic acid groups (broad SMARTS) is 1. The smallest absolute Gasteiger partial charge is 0.303 e. The molecule has 238 valence electrons. The van der Waals surface area contributed by atoms with Crippen LogP contribution in [0.1, 0.15) is 106 Å². The molecule has 5 saturated carbocycles.